The lowest BCUT2D eigenvalue weighted by atomic mass is 9.91. The Kier molecular flexibility index (Phi) is 19.0. The van der Waals surface area contributed by atoms with E-state index in [0.29, 0.717) is 6.61 Å². The molecule has 0 aliphatic rings. The van der Waals surface area contributed by atoms with Crippen LogP contribution in [-0.2, 0) is 4.74 Å². The van der Waals surface area contributed by atoms with Gasteiger partial charge in [-0.25, -0.2) is 0 Å². The molecule has 4 nitrogen and oxygen atoms in total. The molecule has 0 aromatic rings. The molecule has 0 radical (unpaired) electrons. The molecule has 0 aromatic heterocycles. The topological polar surface area (TPSA) is 69.9 Å². The molecule has 30 heavy (non-hydrogen) atoms. The second-order valence-corrected chi connectivity index (χ2v) is 9.94. The van der Waals surface area contributed by atoms with Crippen LogP contribution in [0.3, 0.4) is 0 Å². The Hall–Kier alpha value is -0.420. The summed E-state index contributed by atoms with van der Waals surface area (Å²) >= 11 is 0. The fourth-order valence-electron chi connectivity index (χ4n) is 3.78. The quantitative estimate of drug-likeness (QED) is 0.167. The largest absolute Gasteiger partial charge is 0.394 e. The number of hydrogen-bond acceptors (Lipinski definition) is 4. The standard InChI is InChI=1S/C26H52O4/c1-21(2)11-8-13-23(4)15-10-17-24(5)16-9-14-22(3)12-6-7-18-30-20-26(29)25(28)19-27/h12,21,23-29H,6-11,13-20H2,1-5H3/b22-12+. The third-order valence-corrected chi connectivity index (χ3v) is 6.05. The molecule has 0 saturated heterocycles. The van der Waals surface area contributed by atoms with Gasteiger partial charge in [-0.05, 0) is 50.4 Å². The summed E-state index contributed by atoms with van der Waals surface area (Å²) in [6.45, 7) is 11.9. The Morgan fingerprint density at radius 1 is 0.800 bits per heavy atom. The normalized spacial score (nSPS) is 16.6. The highest BCUT2D eigenvalue weighted by Crippen LogP contribution is 2.22. The van der Waals surface area contributed by atoms with E-state index in [0.717, 1.165) is 30.6 Å². The number of unbranched alkanes of at least 4 members (excludes halogenated alkanes) is 1. The van der Waals surface area contributed by atoms with Crippen LogP contribution in [0.5, 0.6) is 0 Å². The van der Waals surface area contributed by atoms with Gasteiger partial charge in [0.05, 0.1) is 13.2 Å². The molecule has 0 saturated carbocycles. The Morgan fingerprint density at radius 2 is 1.37 bits per heavy atom. The molecule has 4 heteroatoms. The summed E-state index contributed by atoms with van der Waals surface area (Å²) in [7, 11) is 0. The average Bonchev–Trinajstić information content (AvgIpc) is 2.69. The van der Waals surface area contributed by atoms with Crippen LogP contribution in [0, 0.1) is 17.8 Å². The van der Waals surface area contributed by atoms with Crippen LogP contribution in [0.1, 0.15) is 105 Å². The van der Waals surface area contributed by atoms with Gasteiger partial charge in [-0.2, -0.15) is 0 Å². The molecular weight excluding hydrogens is 376 g/mol. The van der Waals surface area contributed by atoms with E-state index in [-0.39, 0.29) is 6.61 Å². The predicted octanol–water partition coefficient (Wildman–Crippen LogP) is 5.88. The first-order chi connectivity index (χ1) is 14.3. The number of allylic oxidation sites excluding steroid dienone is 2. The molecule has 0 bridgehead atoms. The second-order valence-electron chi connectivity index (χ2n) is 9.94. The van der Waals surface area contributed by atoms with Crippen LogP contribution in [0.4, 0.5) is 0 Å². The minimum absolute atomic E-state index is 0.0685. The molecule has 0 aliphatic carbocycles. The molecule has 4 atom stereocenters. The second kappa shape index (κ2) is 19.3. The van der Waals surface area contributed by atoms with Crippen molar-refractivity contribution in [1.82, 2.24) is 0 Å². The van der Waals surface area contributed by atoms with Gasteiger partial charge in [-0.15, -0.1) is 0 Å². The van der Waals surface area contributed by atoms with E-state index in [1.165, 1.54) is 63.4 Å². The van der Waals surface area contributed by atoms with Crippen molar-refractivity contribution in [3.63, 3.8) is 0 Å². The van der Waals surface area contributed by atoms with Gasteiger partial charge in [-0.1, -0.05) is 84.3 Å². The summed E-state index contributed by atoms with van der Waals surface area (Å²) in [6.07, 6.45) is 14.1. The van der Waals surface area contributed by atoms with Gasteiger partial charge < -0.3 is 20.1 Å². The van der Waals surface area contributed by atoms with Crippen molar-refractivity contribution in [2.45, 2.75) is 117 Å². The zero-order chi connectivity index (χ0) is 22.8. The van der Waals surface area contributed by atoms with E-state index in [1.807, 2.05) is 0 Å². The monoisotopic (exact) mass is 428 g/mol. The van der Waals surface area contributed by atoms with E-state index in [1.54, 1.807) is 0 Å². The molecule has 0 rings (SSSR count). The first kappa shape index (κ1) is 29.6. The third kappa shape index (κ3) is 18.4. The summed E-state index contributed by atoms with van der Waals surface area (Å²) < 4.78 is 5.35. The summed E-state index contributed by atoms with van der Waals surface area (Å²) in [5.74, 6) is 2.55. The lowest BCUT2D eigenvalue weighted by molar-refractivity contribution is -0.0568. The van der Waals surface area contributed by atoms with Crippen LogP contribution in [0.2, 0.25) is 0 Å². The minimum Gasteiger partial charge on any atom is -0.394 e. The highest BCUT2D eigenvalue weighted by Gasteiger charge is 2.14. The Bertz CT molecular complexity index is 408. The zero-order valence-corrected chi connectivity index (χ0v) is 20.6. The van der Waals surface area contributed by atoms with E-state index in [2.05, 4.69) is 40.7 Å². The molecule has 3 N–H and O–H groups in total. The molecule has 0 spiro atoms. The number of aliphatic hydroxyl groups excluding tert-OH is 3. The Labute approximate surface area is 187 Å². The molecule has 0 heterocycles. The van der Waals surface area contributed by atoms with Gasteiger partial charge in [0.1, 0.15) is 12.2 Å². The summed E-state index contributed by atoms with van der Waals surface area (Å²) in [6, 6.07) is 0. The Morgan fingerprint density at radius 3 is 1.93 bits per heavy atom. The van der Waals surface area contributed by atoms with Gasteiger partial charge in [0.15, 0.2) is 0 Å². The maximum absolute atomic E-state index is 9.49. The first-order valence-corrected chi connectivity index (χ1v) is 12.5. The van der Waals surface area contributed by atoms with Crippen molar-refractivity contribution in [1.29, 1.82) is 0 Å². The van der Waals surface area contributed by atoms with E-state index >= 15 is 0 Å². The van der Waals surface area contributed by atoms with E-state index in [9.17, 15) is 10.2 Å². The van der Waals surface area contributed by atoms with Crippen molar-refractivity contribution in [3.05, 3.63) is 11.6 Å². The lowest BCUT2D eigenvalue weighted by Crippen LogP contribution is -2.33. The van der Waals surface area contributed by atoms with Crippen molar-refractivity contribution in [2.75, 3.05) is 19.8 Å². The lowest BCUT2D eigenvalue weighted by Gasteiger charge is -2.15. The highest BCUT2D eigenvalue weighted by atomic mass is 16.5. The molecule has 0 aliphatic heterocycles. The molecule has 0 fully saturated rings. The molecule has 4 unspecified atom stereocenters. The van der Waals surface area contributed by atoms with Crippen LogP contribution in [0.15, 0.2) is 11.6 Å². The molecular formula is C26H52O4. The SMILES string of the molecule is C/C(=C\CCCOCC(O)C(O)CO)CCCC(C)CCCC(C)CCCC(C)C. The van der Waals surface area contributed by atoms with Crippen LogP contribution >= 0.6 is 0 Å². The van der Waals surface area contributed by atoms with Gasteiger partial charge >= 0.3 is 0 Å². The minimum atomic E-state index is -1.12. The average molecular weight is 429 g/mol. The first-order valence-electron chi connectivity index (χ1n) is 12.5. The number of ether oxygens (including phenoxy) is 1. The van der Waals surface area contributed by atoms with E-state index < -0.39 is 18.8 Å². The fourth-order valence-corrected chi connectivity index (χ4v) is 3.78. The number of hydrogen-bond donors (Lipinski definition) is 3. The van der Waals surface area contributed by atoms with Gasteiger partial charge in [0, 0.05) is 6.61 Å². The third-order valence-electron chi connectivity index (χ3n) is 6.05. The summed E-state index contributed by atoms with van der Waals surface area (Å²) in [5, 5.41) is 27.5. The number of aliphatic hydroxyl groups is 3. The maximum atomic E-state index is 9.49. The Balaban J connectivity index is 3.64. The van der Waals surface area contributed by atoms with Crippen molar-refractivity contribution >= 4 is 0 Å². The van der Waals surface area contributed by atoms with Crippen LogP contribution in [0.25, 0.3) is 0 Å². The van der Waals surface area contributed by atoms with Crippen LogP contribution < -0.4 is 0 Å². The van der Waals surface area contributed by atoms with Gasteiger partial charge in [0.2, 0.25) is 0 Å². The van der Waals surface area contributed by atoms with Crippen molar-refractivity contribution < 1.29 is 20.1 Å². The van der Waals surface area contributed by atoms with Crippen molar-refractivity contribution in [3.8, 4) is 0 Å². The summed E-state index contributed by atoms with van der Waals surface area (Å²) in [5.41, 5.74) is 1.46. The van der Waals surface area contributed by atoms with Crippen LogP contribution in [-0.4, -0.2) is 47.3 Å². The molecule has 180 valence electrons. The smallest absolute Gasteiger partial charge is 0.105 e. The van der Waals surface area contributed by atoms with E-state index in [4.69, 9.17) is 9.84 Å². The summed E-state index contributed by atoms with van der Waals surface area (Å²) in [4.78, 5) is 0. The van der Waals surface area contributed by atoms with Gasteiger partial charge in [-0.3, -0.25) is 0 Å². The zero-order valence-electron chi connectivity index (χ0n) is 20.6. The molecule has 0 amide bonds. The highest BCUT2D eigenvalue weighted by molar-refractivity contribution is 4.97. The van der Waals surface area contributed by atoms with Gasteiger partial charge in [0.25, 0.3) is 0 Å². The number of rotatable bonds is 20. The predicted molar refractivity (Wildman–Crippen MR) is 128 cm³/mol. The molecule has 0 aromatic carbocycles. The van der Waals surface area contributed by atoms with Crippen molar-refractivity contribution in [2.24, 2.45) is 17.8 Å². The maximum Gasteiger partial charge on any atom is 0.105 e. The fraction of sp³-hybridized carbons (Fsp3) is 0.923.